The number of hydrogen-bond acceptors (Lipinski definition) is 4. The Kier molecular flexibility index (Phi) is 6.33. The van der Waals surface area contributed by atoms with Crippen LogP contribution in [0.3, 0.4) is 0 Å². The number of carbonyl (C=O) groups is 1. The van der Waals surface area contributed by atoms with E-state index in [4.69, 9.17) is 16.9 Å². The molecule has 0 unspecified atom stereocenters. The van der Waals surface area contributed by atoms with Crippen molar-refractivity contribution in [2.24, 2.45) is 0 Å². The largest absolute Gasteiger partial charge is 0.376 e. The smallest absolute Gasteiger partial charge is 0.243 e. The lowest BCUT2D eigenvalue weighted by Crippen LogP contribution is -2.22. The van der Waals surface area contributed by atoms with Crippen molar-refractivity contribution in [1.29, 1.82) is 5.26 Å². The lowest BCUT2D eigenvalue weighted by Gasteiger charge is -2.12. The van der Waals surface area contributed by atoms with Gasteiger partial charge in [-0.05, 0) is 36.8 Å². The standard InChI is InChI=1S/C17H16ClN3OS/c1-12-6-7-13(18)10-15(12)20-11-17(22)21-14-4-2-3-5-16(14)23-9-8-19/h2-7,10,20H,9,11H2,1H3,(H,21,22). The highest BCUT2D eigenvalue weighted by molar-refractivity contribution is 7.99. The van der Waals surface area contributed by atoms with Gasteiger partial charge in [0, 0.05) is 15.6 Å². The maximum atomic E-state index is 12.1. The number of para-hydroxylation sites is 1. The number of thioether (sulfide) groups is 1. The highest BCUT2D eigenvalue weighted by Crippen LogP contribution is 2.26. The molecule has 0 aliphatic rings. The van der Waals surface area contributed by atoms with Crippen LogP contribution >= 0.6 is 23.4 Å². The lowest BCUT2D eigenvalue weighted by atomic mass is 10.2. The van der Waals surface area contributed by atoms with Gasteiger partial charge >= 0.3 is 0 Å². The van der Waals surface area contributed by atoms with E-state index in [-0.39, 0.29) is 12.5 Å². The number of rotatable bonds is 6. The van der Waals surface area contributed by atoms with Crippen molar-refractivity contribution in [1.82, 2.24) is 0 Å². The van der Waals surface area contributed by atoms with Crippen molar-refractivity contribution < 1.29 is 4.79 Å². The summed E-state index contributed by atoms with van der Waals surface area (Å²) in [7, 11) is 0. The molecule has 4 nitrogen and oxygen atoms in total. The molecule has 118 valence electrons. The van der Waals surface area contributed by atoms with Gasteiger partial charge in [-0.25, -0.2) is 0 Å². The molecule has 23 heavy (non-hydrogen) atoms. The number of nitriles is 1. The van der Waals surface area contributed by atoms with Crippen molar-refractivity contribution in [2.45, 2.75) is 11.8 Å². The van der Waals surface area contributed by atoms with Crippen molar-refractivity contribution in [2.75, 3.05) is 22.9 Å². The van der Waals surface area contributed by atoms with E-state index >= 15 is 0 Å². The minimum absolute atomic E-state index is 0.137. The fraction of sp³-hybridized carbons (Fsp3) is 0.176. The lowest BCUT2D eigenvalue weighted by molar-refractivity contribution is -0.114. The fourth-order valence-corrected chi connectivity index (χ4v) is 2.80. The van der Waals surface area contributed by atoms with E-state index < -0.39 is 0 Å². The van der Waals surface area contributed by atoms with Gasteiger partial charge in [-0.15, -0.1) is 11.8 Å². The molecule has 0 spiro atoms. The molecule has 2 aromatic rings. The normalized spacial score (nSPS) is 9.96. The van der Waals surface area contributed by atoms with Crippen LogP contribution in [0.25, 0.3) is 0 Å². The van der Waals surface area contributed by atoms with Crippen molar-refractivity contribution in [3.8, 4) is 6.07 Å². The summed E-state index contributed by atoms with van der Waals surface area (Å²) in [4.78, 5) is 13.0. The average Bonchev–Trinajstić information content (AvgIpc) is 2.55. The Morgan fingerprint density at radius 3 is 2.83 bits per heavy atom. The van der Waals surface area contributed by atoms with Crippen LogP contribution in [0.5, 0.6) is 0 Å². The van der Waals surface area contributed by atoms with Gasteiger partial charge in [-0.2, -0.15) is 5.26 Å². The first kappa shape index (κ1) is 17.2. The van der Waals surface area contributed by atoms with E-state index in [9.17, 15) is 4.79 Å². The van der Waals surface area contributed by atoms with Gasteiger partial charge in [0.15, 0.2) is 0 Å². The molecule has 0 atom stereocenters. The predicted octanol–water partition coefficient (Wildman–Crippen LogP) is 4.31. The second-order valence-corrected chi connectivity index (χ2v) is 6.26. The van der Waals surface area contributed by atoms with Gasteiger partial charge in [0.2, 0.25) is 5.91 Å². The number of amides is 1. The number of nitrogens with zero attached hydrogens (tertiary/aromatic N) is 1. The fourth-order valence-electron chi connectivity index (χ4n) is 1.96. The number of halogens is 1. The maximum Gasteiger partial charge on any atom is 0.243 e. The Bertz CT molecular complexity index is 743. The van der Waals surface area contributed by atoms with E-state index in [1.165, 1.54) is 11.8 Å². The van der Waals surface area contributed by atoms with Gasteiger partial charge in [0.05, 0.1) is 24.1 Å². The zero-order chi connectivity index (χ0) is 16.7. The molecule has 0 radical (unpaired) electrons. The van der Waals surface area contributed by atoms with Gasteiger partial charge in [0.1, 0.15) is 0 Å². The Morgan fingerprint density at radius 1 is 1.26 bits per heavy atom. The number of hydrogen-bond donors (Lipinski definition) is 2. The van der Waals surface area contributed by atoms with Gasteiger partial charge < -0.3 is 10.6 Å². The summed E-state index contributed by atoms with van der Waals surface area (Å²) in [5.74, 6) is 0.182. The molecule has 0 saturated heterocycles. The maximum absolute atomic E-state index is 12.1. The minimum Gasteiger partial charge on any atom is -0.376 e. The molecule has 0 bridgehead atoms. The summed E-state index contributed by atoms with van der Waals surface area (Å²) in [6, 6.07) is 15.0. The van der Waals surface area contributed by atoms with E-state index in [0.29, 0.717) is 16.5 Å². The minimum atomic E-state index is -0.158. The summed E-state index contributed by atoms with van der Waals surface area (Å²) in [5, 5.41) is 15.2. The highest BCUT2D eigenvalue weighted by Gasteiger charge is 2.08. The number of benzene rings is 2. The molecule has 2 N–H and O–H groups in total. The summed E-state index contributed by atoms with van der Waals surface area (Å²) in [5.41, 5.74) is 2.56. The summed E-state index contributed by atoms with van der Waals surface area (Å²) < 4.78 is 0. The molecule has 0 heterocycles. The molecule has 1 amide bonds. The quantitative estimate of drug-likeness (QED) is 0.765. The topological polar surface area (TPSA) is 64.9 Å². The summed E-state index contributed by atoms with van der Waals surface area (Å²) in [6.45, 7) is 2.09. The third-order valence-electron chi connectivity index (χ3n) is 3.09. The third-order valence-corrected chi connectivity index (χ3v) is 4.27. The molecule has 6 heteroatoms. The number of nitrogens with one attached hydrogen (secondary N) is 2. The molecule has 0 aliphatic heterocycles. The molecular formula is C17H16ClN3OS. The van der Waals surface area contributed by atoms with Crippen LogP contribution in [-0.4, -0.2) is 18.2 Å². The molecule has 0 aromatic heterocycles. The Hall–Kier alpha value is -2.16. The number of aryl methyl sites for hydroxylation is 1. The second-order valence-electron chi connectivity index (χ2n) is 4.80. The molecule has 0 saturated carbocycles. The van der Waals surface area contributed by atoms with Gasteiger partial charge in [0.25, 0.3) is 0 Å². The first-order chi connectivity index (χ1) is 11.1. The number of anilines is 2. The molecular weight excluding hydrogens is 330 g/mol. The molecule has 0 aliphatic carbocycles. The first-order valence-corrected chi connectivity index (χ1v) is 8.35. The van der Waals surface area contributed by atoms with E-state index in [1.807, 2.05) is 43.3 Å². The van der Waals surface area contributed by atoms with E-state index in [0.717, 1.165) is 16.1 Å². The monoisotopic (exact) mass is 345 g/mol. The Balaban J connectivity index is 1.97. The van der Waals surface area contributed by atoms with Crippen LogP contribution in [0.15, 0.2) is 47.4 Å². The van der Waals surface area contributed by atoms with E-state index in [2.05, 4.69) is 16.7 Å². The van der Waals surface area contributed by atoms with Crippen molar-refractivity contribution in [3.05, 3.63) is 53.1 Å². The second kappa shape index (κ2) is 8.47. The highest BCUT2D eigenvalue weighted by atomic mass is 35.5. The zero-order valence-electron chi connectivity index (χ0n) is 12.6. The van der Waals surface area contributed by atoms with Crippen LogP contribution < -0.4 is 10.6 Å². The summed E-state index contributed by atoms with van der Waals surface area (Å²) >= 11 is 7.36. The Labute approximate surface area is 144 Å². The molecule has 0 fully saturated rings. The van der Waals surface area contributed by atoms with E-state index in [1.54, 1.807) is 6.07 Å². The van der Waals surface area contributed by atoms with Gasteiger partial charge in [-0.3, -0.25) is 4.79 Å². The predicted molar refractivity (Wildman–Crippen MR) is 96.1 cm³/mol. The van der Waals surface area contributed by atoms with Gasteiger partial charge in [-0.1, -0.05) is 29.8 Å². The molecule has 2 rings (SSSR count). The van der Waals surface area contributed by atoms with Crippen LogP contribution in [0.1, 0.15) is 5.56 Å². The first-order valence-electron chi connectivity index (χ1n) is 6.99. The Morgan fingerprint density at radius 2 is 2.04 bits per heavy atom. The third kappa shape index (κ3) is 5.20. The SMILES string of the molecule is Cc1ccc(Cl)cc1NCC(=O)Nc1ccccc1SCC#N. The van der Waals surface area contributed by atoms with Crippen molar-refractivity contribution in [3.63, 3.8) is 0 Å². The van der Waals surface area contributed by atoms with Crippen molar-refractivity contribution >= 4 is 40.6 Å². The van der Waals surface area contributed by atoms with Crippen LogP contribution in [-0.2, 0) is 4.79 Å². The summed E-state index contributed by atoms with van der Waals surface area (Å²) in [6.07, 6.45) is 0. The number of carbonyl (C=O) groups excluding carboxylic acids is 1. The van der Waals surface area contributed by atoms with Crippen LogP contribution in [0.4, 0.5) is 11.4 Å². The molecule has 2 aromatic carbocycles. The average molecular weight is 346 g/mol. The van der Waals surface area contributed by atoms with Crippen LogP contribution in [0, 0.1) is 18.3 Å². The van der Waals surface area contributed by atoms with Crippen LogP contribution in [0.2, 0.25) is 5.02 Å². The zero-order valence-corrected chi connectivity index (χ0v) is 14.2.